The number of nitrogens with zero attached hydrogens (tertiary/aromatic N) is 1. The van der Waals surface area contributed by atoms with Crippen LogP contribution >= 0.6 is 0 Å². The number of nitrogens with one attached hydrogen (secondary N) is 2. The summed E-state index contributed by atoms with van der Waals surface area (Å²) >= 11 is 0. The van der Waals surface area contributed by atoms with Crippen LogP contribution in [0.15, 0.2) is 58.2 Å². The molecule has 8 heteroatoms. The van der Waals surface area contributed by atoms with Gasteiger partial charge < -0.3 is 5.32 Å². The van der Waals surface area contributed by atoms with Gasteiger partial charge >= 0.3 is 0 Å². The second kappa shape index (κ2) is 5.82. The fourth-order valence-corrected chi connectivity index (χ4v) is 2.77. The van der Waals surface area contributed by atoms with Crippen LogP contribution in [0.2, 0.25) is 0 Å². The summed E-state index contributed by atoms with van der Waals surface area (Å²) in [4.78, 5) is 19.0. The molecule has 3 rings (SSSR count). The molecule has 1 aromatic heterocycles. The molecule has 0 unspecified atom stereocenters. The number of rotatable bonds is 4. The minimum absolute atomic E-state index is 0.0387. The number of primary sulfonamides is 1. The summed E-state index contributed by atoms with van der Waals surface area (Å²) in [6, 6.07) is 13.3. The van der Waals surface area contributed by atoms with Crippen LogP contribution in [0.4, 0.5) is 5.95 Å². The van der Waals surface area contributed by atoms with E-state index in [-0.39, 0.29) is 10.5 Å². The van der Waals surface area contributed by atoms with E-state index in [2.05, 4.69) is 15.3 Å². The van der Waals surface area contributed by atoms with Crippen molar-refractivity contribution in [3.8, 4) is 0 Å². The standard InChI is InChI=1S/C15H14N4O3S/c16-23(21,22)11-5-3-4-10(8-11)9-17-15-18-13-7-2-1-6-12(13)14(20)19-15/h1-8H,9H2,(H2,16,21,22)(H2,17,18,19,20). The van der Waals surface area contributed by atoms with Gasteiger partial charge in [0.25, 0.3) is 5.56 Å². The summed E-state index contributed by atoms with van der Waals surface area (Å²) in [5.41, 5.74) is 1.04. The Balaban J connectivity index is 1.85. The van der Waals surface area contributed by atoms with Crippen molar-refractivity contribution in [3.05, 3.63) is 64.4 Å². The molecular weight excluding hydrogens is 316 g/mol. The number of sulfonamides is 1. The zero-order valence-electron chi connectivity index (χ0n) is 12.0. The Bertz CT molecular complexity index is 1030. The van der Waals surface area contributed by atoms with Gasteiger partial charge in [-0.3, -0.25) is 9.78 Å². The molecular formula is C15H14N4O3S. The van der Waals surface area contributed by atoms with Crippen molar-refractivity contribution in [3.63, 3.8) is 0 Å². The Labute approximate surface area is 132 Å². The van der Waals surface area contributed by atoms with E-state index in [1.807, 2.05) is 0 Å². The highest BCUT2D eigenvalue weighted by Gasteiger charge is 2.08. The van der Waals surface area contributed by atoms with Crippen LogP contribution in [0.1, 0.15) is 5.56 Å². The number of fused-ring (bicyclic) bond motifs is 1. The van der Waals surface area contributed by atoms with Crippen LogP contribution in [-0.2, 0) is 16.6 Å². The molecule has 0 bridgehead atoms. The molecule has 1 heterocycles. The van der Waals surface area contributed by atoms with Crippen molar-refractivity contribution in [2.45, 2.75) is 11.4 Å². The lowest BCUT2D eigenvalue weighted by atomic mass is 10.2. The summed E-state index contributed by atoms with van der Waals surface area (Å²) < 4.78 is 22.7. The van der Waals surface area contributed by atoms with E-state index in [0.29, 0.717) is 29.0 Å². The van der Waals surface area contributed by atoms with Gasteiger partial charge in [-0.1, -0.05) is 24.3 Å². The van der Waals surface area contributed by atoms with Gasteiger partial charge in [0.05, 0.1) is 15.8 Å². The zero-order valence-corrected chi connectivity index (χ0v) is 12.8. The van der Waals surface area contributed by atoms with Crippen molar-refractivity contribution >= 4 is 26.9 Å². The lowest BCUT2D eigenvalue weighted by Gasteiger charge is -2.07. The summed E-state index contributed by atoms with van der Waals surface area (Å²) in [6.45, 7) is 0.296. The quantitative estimate of drug-likeness (QED) is 0.664. The molecule has 2 aromatic carbocycles. The van der Waals surface area contributed by atoms with Crippen LogP contribution in [0.5, 0.6) is 0 Å². The molecule has 3 aromatic rings. The second-order valence-electron chi connectivity index (χ2n) is 4.98. The van der Waals surface area contributed by atoms with Crippen molar-refractivity contribution in [1.29, 1.82) is 0 Å². The maximum atomic E-state index is 12.0. The van der Waals surface area contributed by atoms with Crippen molar-refractivity contribution in [1.82, 2.24) is 9.97 Å². The highest BCUT2D eigenvalue weighted by molar-refractivity contribution is 7.89. The van der Waals surface area contributed by atoms with Gasteiger partial charge in [-0.15, -0.1) is 0 Å². The van der Waals surface area contributed by atoms with Gasteiger partial charge in [0, 0.05) is 6.54 Å². The zero-order chi connectivity index (χ0) is 16.4. The predicted molar refractivity (Wildman–Crippen MR) is 87.5 cm³/mol. The number of anilines is 1. The van der Waals surface area contributed by atoms with E-state index in [0.717, 1.165) is 0 Å². The summed E-state index contributed by atoms with van der Waals surface area (Å²) in [7, 11) is -3.75. The van der Waals surface area contributed by atoms with Gasteiger partial charge in [0.15, 0.2) is 0 Å². The molecule has 0 saturated carbocycles. The van der Waals surface area contributed by atoms with Gasteiger partial charge in [0.1, 0.15) is 0 Å². The molecule has 0 aliphatic carbocycles. The summed E-state index contributed by atoms with van der Waals surface area (Å²) in [6.07, 6.45) is 0. The van der Waals surface area contributed by atoms with Crippen molar-refractivity contribution < 1.29 is 8.42 Å². The number of nitrogens with two attached hydrogens (primary N) is 1. The topological polar surface area (TPSA) is 118 Å². The molecule has 0 amide bonds. The molecule has 0 spiro atoms. The largest absolute Gasteiger partial charge is 0.352 e. The van der Waals surface area contributed by atoms with E-state index in [1.54, 1.807) is 36.4 Å². The van der Waals surface area contributed by atoms with Crippen LogP contribution in [-0.4, -0.2) is 18.4 Å². The Kier molecular flexibility index (Phi) is 3.85. The van der Waals surface area contributed by atoms with Gasteiger partial charge in [0.2, 0.25) is 16.0 Å². The lowest BCUT2D eigenvalue weighted by Crippen LogP contribution is -2.14. The van der Waals surface area contributed by atoms with Crippen LogP contribution < -0.4 is 16.0 Å². The van der Waals surface area contributed by atoms with Gasteiger partial charge in [-0.25, -0.2) is 18.5 Å². The second-order valence-corrected chi connectivity index (χ2v) is 6.54. The van der Waals surface area contributed by atoms with Crippen LogP contribution in [0.3, 0.4) is 0 Å². The average molecular weight is 330 g/mol. The van der Waals surface area contributed by atoms with Crippen LogP contribution in [0.25, 0.3) is 10.9 Å². The molecule has 7 nitrogen and oxygen atoms in total. The Morgan fingerprint density at radius 2 is 1.91 bits per heavy atom. The first-order chi connectivity index (χ1) is 10.9. The van der Waals surface area contributed by atoms with E-state index in [4.69, 9.17) is 5.14 Å². The monoisotopic (exact) mass is 330 g/mol. The van der Waals surface area contributed by atoms with E-state index >= 15 is 0 Å². The highest BCUT2D eigenvalue weighted by atomic mass is 32.2. The Morgan fingerprint density at radius 3 is 2.70 bits per heavy atom. The third kappa shape index (κ3) is 3.38. The Morgan fingerprint density at radius 1 is 1.13 bits per heavy atom. The molecule has 0 atom stereocenters. The molecule has 0 fully saturated rings. The number of hydrogen-bond acceptors (Lipinski definition) is 5. The first-order valence-electron chi connectivity index (χ1n) is 6.78. The third-order valence-electron chi connectivity index (χ3n) is 3.30. The number of hydrogen-bond donors (Lipinski definition) is 3. The number of aromatic nitrogens is 2. The number of H-pyrrole nitrogens is 1. The predicted octanol–water partition coefficient (Wildman–Crippen LogP) is 1.18. The fourth-order valence-electron chi connectivity index (χ4n) is 2.19. The van der Waals surface area contributed by atoms with E-state index in [9.17, 15) is 13.2 Å². The SMILES string of the molecule is NS(=O)(=O)c1cccc(CNc2nc3ccccc3c(=O)[nH]2)c1. The lowest BCUT2D eigenvalue weighted by molar-refractivity contribution is 0.597. The fraction of sp³-hybridized carbons (Fsp3) is 0.0667. The molecule has 0 aliphatic heterocycles. The number of para-hydroxylation sites is 1. The molecule has 0 saturated heterocycles. The van der Waals surface area contributed by atoms with Crippen LogP contribution in [0, 0.1) is 0 Å². The number of aromatic amines is 1. The first-order valence-corrected chi connectivity index (χ1v) is 8.33. The number of benzene rings is 2. The molecule has 4 N–H and O–H groups in total. The van der Waals surface area contributed by atoms with Crippen molar-refractivity contribution in [2.75, 3.05) is 5.32 Å². The highest BCUT2D eigenvalue weighted by Crippen LogP contribution is 2.12. The van der Waals surface area contributed by atoms with Crippen molar-refractivity contribution in [2.24, 2.45) is 5.14 Å². The normalized spacial score (nSPS) is 11.5. The minimum atomic E-state index is -3.75. The molecule has 0 radical (unpaired) electrons. The summed E-state index contributed by atoms with van der Waals surface area (Å²) in [5, 5.41) is 8.59. The van der Waals surface area contributed by atoms with E-state index in [1.165, 1.54) is 12.1 Å². The smallest absolute Gasteiger partial charge is 0.260 e. The third-order valence-corrected chi connectivity index (χ3v) is 4.21. The molecule has 23 heavy (non-hydrogen) atoms. The summed E-state index contributed by atoms with van der Waals surface area (Å²) in [5.74, 6) is 0.315. The minimum Gasteiger partial charge on any atom is -0.352 e. The average Bonchev–Trinajstić information content (AvgIpc) is 2.52. The maximum Gasteiger partial charge on any atom is 0.260 e. The first kappa shape index (κ1) is 15.2. The molecule has 0 aliphatic rings. The maximum absolute atomic E-state index is 12.0. The Hall–Kier alpha value is -2.71. The molecule has 118 valence electrons. The van der Waals surface area contributed by atoms with Gasteiger partial charge in [-0.2, -0.15) is 0 Å². The van der Waals surface area contributed by atoms with Gasteiger partial charge in [-0.05, 0) is 29.8 Å². The van der Waals surface area contributed by atoms with E-state index < -0.39 is 10.0 Å².